The molecule has 5 heteroatoms. The lowest BCUT2D eigenvalue weighted by Gasteiger charge is -2.32. The lowest BCUT2D eigenvalue weighted by molar-refractivity contribution is 0.165. The number of nitrogens with one attached hydrogen (secondary N) is 1. The second kappa shape index (κ2) is 9.35. The zero-order chi connectivity index (χ0) is 17.4. The van der Waals surface area contributed by atoms with Gasteiger partial charge in [0.2, 0.25) is 0 Å². The SMILES string of the molecule is CCc1cccc(NC(=S)N(CCOC)C(C)c2cccnc2)c1. The Kier molecular flexibility index (Phi) is 7.15. The van der Waals surface area contributed by atoms with Gasteiger partial charge >= 0.3 is 0 Å². The molecular formula is C19H25N3OS. The fraction of sp³-hybridized carbons (Fsp3) is 0.368. The van der Waals surface area contributed by atoms with Gasteiger partial charge in [-0.05, 0) is 54.9 Å². The molecular weight excluding hydrogens is 318 g/mol. The van der Waals surface area contributed by atoms with Crippen LogP contribution in [0, 0.1) is 0 Å². The van der Waals surface area contributed by atoms with Crippen molar-refractivity contribution in [3.8, 4) is 0 Å². The second-order valence-electron chi connectivity index (χ2n) is 5.63. The minimum absolute atomic E-state index is 0.114. The third kappa shape index (κ3) is 5.01. The second-order valence-corrected chi connectivity index (χ2v) is 6.02. The van der Waals surface area contributed by atoms with Crippen LogP contribution in [0.2, 0.25) is 0 Å². The smallest absolute Gasteiger partial charge is 0.174 e. The molecule has 1 aromatic carbocycles. The molecule has 0 saturated heterocycles. The Morgan fingerprint density at radius 1 is 1.33 bits per heavy atom. The highest BCUT2D eigenvalue weighted by molar-refractivity contribution is 7.80. The minimum Gasteiger partial charge on any atom is -0.383 e. The molecule has 0 spiro atoms. The number of anilines is 1. The van der Waals surface area contributed by atoms with Gasteiger partial charge in [-0.2, -0.15) is 0 Å². The van der Waals surface area contributed by atoms with Crippen LogP contribution in [-0.2, 0) is 11.2 Å². The van der Waals surface area contributed by atoms with E-state index in [9.17, 15) is 0 Å². The van der Waals surface area contributed by atoms with Crippen LogP contribution in [-0.4, -0.2) is 35.3 Å². The molecule has 0 fully saturated rings. The number of thiocarbonyl (C=S) groups is 1. The van der Waals surface area contributed by atoms with Crippen molar-refractivity contribution in [1.29, 1.82) is 0 Å². The lowest BCUT2D eigenvalue weighted by atomic mass is 10.1. The number of rotatable bonds is 7. The third-order valence-corrected chi connectivity index (χ3v) is 4.35. The number of aromatic nitrogens is 1. The average Bonchev–Trinajstić information content (AvgIpc) is 2.62. The van der Waals surface area contributed by atoms with E-state index < -0.39 is 0 Å². The Hall–Kier alpha value is -1.98. The zero-order valence-corrected chi connectivity index (χ0v) is 15.3. The zero-order valence-electron chi connectivity index (χ0n) is 14.5. The van der Waals surface area contributed by atoms with Gasteiger partial charge in [0.15, 0.2) is 5.11 Å². The van der Waals surface area contributed by atoms with Crippen LogP contribution in [0.3, 0.4) is 0 Å². The maximum atomic E-state index is 5.67. The van der Waals surface area contributed by atoms with Crippen molar-refractivity contribution in [1.82, 2.24) is 9.88 Å². The lowest BCUT2D eigenvalue weighted by Crippen LogP contribution is -2.39. The van der Waals surface area contributed by atoms with E-state index in [1.54, 1.807) is 13.3 Å². The van der Waals surface area contributed by atoms with E-state index in [4.69, 9.17) is 17.0 Å². The van der Waals surface area contributed by atoms with E-state index in [0.717, 1.165) is 17.7 Å². The highest BCUT2D eigenvalue weighted by Crippen LogP contribution is 2.21. The van der Waals surface area contributed by atoms with Gasteiger partial charge in [0, 0.05) is 31.7 Å². The van der Waals surface area contributed by atoms with Gasteiger partial charge in [-0.15, -0.1) is 0 Å². The average molecular weight is 343 g/mol. The molecule has 0 bridgehead atoms. The summed E-state index contributed by atoms with van der Waals surface area (Å²) in [5, 5.41) is 4.05. The Labute approximate surface area is 149 Å². The van der Waals surface area contributed by atoms with Crippen molar-refractivity contribution in [3.05, 3.63) is 59.9 Å². The van der Waals surface area contributed by atoms with Gasteiger partial charge in [-0.25, -0.2) is 0 Å². The van der Waals surface area contributed by atoms with Crippen molar-refractivity contribution < 1.29 is 4.74 Å². The molecule has 0 saturated carbocycles. The maximum Gasteiger partial charge on any atom is 0.174 e. The first kappa shape index (κ1) is 18.4. The summed E-state index contributed by atoms with van der Waals surface area (Å²) < 4.78 is 5.25. The minimum atomic E-state index is 0.114. The van der Waals surface area contributed by atoms with Crippen LogP contribution in [0.25, 0.3) is 0 Å². The number of hydrogen-bond donors (Lipinski definition) is 1. The summed E-state index contributed by atoms with van der Waals surface area (Å²) in [5.41, 5.74) is 3.42. The summed E-state index contributed by atoms with van der Waals surface area (Å²) in [7, 11) is 1.70. The number of benzene rings is 1. The Morgan fingerprint density at radius 2 is 2.17 bits per heavy atom. The van der Waals surface area contributed by atoms with Crippen molar-refractivity contribution >= 4 is 23.0 Å². The normalized spacial score (nSPS) is 11.8. The molecule has 0 aliphatic carbocycles. The molecule has 2 aromatic rings. The molecule has 1 atom stereocenters. The predicted molar refractivity (Wildman–Crippen MR) is 103 cm³/mol. The number of nitrogens with zero attached hydrogens (tertiary/aromatic N) is 2. The molecule has 0 aliphatic heterocycles. The van der Waals surface area contributed by atoms with Gasteiger partial charge in [-0.1, -0.05) is 25.1 Å². The van der Waals surface area contributed by atoms with Crippen LogP contribution in [0.15, 0.2) is 48.8 Å². The van der Waals surface area contributed by atoms with Crippen LogP contribution in [0.5, 0.6) is 0 Å². The topological polar surface area (TPSA) is 37.4 Å². The molecule has 24 heavy (non-hydrogen) atoms. The molecule has 128 valence electrons. The fourth-order valence-corrected chi connectivity index (χ4v) is 2.90. The van der Waals surface area contributed by atoms with Crippen molar-refractivity contribution in [2.24, 2.45) is 0 Å². The number of hydrogen-bond acceptors (Lipinski definition) is 3. The van der Waals surface area contributed by atoms with E-state index in [2.05, 4.69) is 47.2 Å². The van der Waals surface area contributed by atoms with Crippen LogP contribution in [0.1, 0.15) is 31.0 Å². The molecule has 0 radical (unpaired) electrons. The van der Waals surface area contributed by atoms with E-state index >= 15 is 0 Å². The first-order valence-corrected chi connectivity index (χ1v) is 8.62. The molecule has 0 amide bonds. The number of methoxy groups -OCH3 is 1. The highest BCUT2D eigenvalue weighted by atomic mass is 32.1. The van der Waals surface area contributed by atoms with Crippen LogP contribution in [0.4, 0.5) is 5.69 Å². The fourth-order valence-electron chi connectivity index (χ4n) is 2.53. The maximum absolute atomic E-state index is 5.67. The summed E-state index contributed by atoms with van der Waals surface area (Å²) in [4.78, 5) is 6.35. The van der Waals surface area contributed by atoms with Gasteiger partial charge in [-0.3, -0.25) is 4.98 Å². The van der Waals surface area contributed by atoms with E-state index in [0.29, 0.717) is 18.3 Å². The van der Waals surface area contributed by atoms with E-state index in [1.165, 1.54) is 5.56 Å². The number of aryl methyl sites for hydroxylation is 1. The Morgan fingerprint density at radius 3 is 2.83 bits per heavy atom. The monoisotopic (exact) mass is 343 g/mol. The summed E-state index contributed by atoms with van der Waals surface area (Å²) in [6, 6.07) is 12.5. The van der Waals surface area contributed by atoms with Crippen molar-refractivity contribution in [2.45, 2.75) is 26.3 Å². The molecule has 1 heterocycles. The first-order chi connectivity index (χ1) is 11.7. The van der Waals surface area contributed by atoms with Crippen LogP contribution < -0.4 is 5.32 Å². The van der Waals surface area contributed by atoms with Crippen molar-refractivity contribution in [2.75, 3.05) is 25.6 Å². The quantitative estimate of drug-likeness (QED) is 0.768. The molecule has 1 N–H and O–H groups in total. The Bertz CT molecular complexity index is 648. The summed E-state index contributed by atoms with van der Waals surface area (Å²) in [6.07, 6.45) is 4.66. The summed E-state index contributed by atoms with van der Waals surface area (Å²) in [6.45, 7) is 5.60. The summed E-state index contributed by atoms with van der Waals surface area (Å²) >= 11 is 5.67. The van der Waals surface area contributed by atoms with Gasteiger partial charge in [0.1, 0.15) is 0 Å². The van der Waals surface area contributed by atoms with E-state index in [1.807, 2.05) is 24.4 Å². The predicted octanol–water partition coefficient (Wildman–Crippen LogP) is 4.05. The summed E-state index contributed by atoms with van der Waals surface area (Å²) in [5.74, 6) is 0. The van der Waals surface area contributed by atoms with E-state index in [-0.39, 0.29) is 6.04 Å². The Balaban J connectivity index is 2.15. The first-order valence-electron chi connectivity index (χ1n) is 8.21. The standard InChI is InChI=1S/C19H25N3OS/c1-4-16-7-5-9-18(13-16)21-19(24)22(11-12-23-3)15(2)17-8-6-10-20-14-17/h5-10,13-15H,4,11-12H2,1-3H3,(H,21,24). The largest absolute Gasteiger partial charge is 0.383 e. The molecule has 1 unspecified atom stereocenters. The number of pyridine rings is 1. The van der Waals surface area contributed by atoms with Gasteiger partial charge in [0.05, 0.1) is 12.6 Å². The third-order valence-electron chi connectivity index (χ3n) is 4.02. The van der Waals surface area contributed by atoms with Gasteiger partial charge < -0.3 is 15.0 Å². The van der Waals surface area contributed by atoms with Crippen LogP contribution >= 0.6 is 12.2 Å². The molecule has 2 rings (SSSR count). The number of ether oxygens (including phenoxy) is 1. The molecule has 0 aliphatic rings. The van der Waals surface area contributed by atoms with Crippen molar-refractivity contribution in [3.63, 3.8) is 0 Å². The molecule has 1 aromatic heterocycles. The highest BCUT2D eigenvalue weighted by Gasteiger charge is 2.19. The molecule has 4 nitrogen and oxygen atoms in total. The van der Waals surface area contributed by atoms with Gasteiger partial charge in [0.25, 0.3) is 0 Å².